The van der Waals surface area contributed by atoms with Crippen LogP contribution in [-0.4, -0.2) is 92.7 Å². The highest BCUT2D eigenvalue weighted by Gasteiger charge is 2.45. The molecule has 0 aromatic heterocycles. The molecule has 1 fully saturated rings. The summed E-state index contributed by atoms with van der Waals surface area (Å²) in [5.74, 6) is -1.05. The molecule has 6 rings (SSSR count). The summed E-state index contributed by atoms with van der Waals surface area (Å²) in [7, 11) is 0. The van der Waals surface area contributed by atoms with E-state index in [2.05, 4.69) is 17.6 Å². The summed E-state index contributed by atoms with van der Waals surface area (Å²) in [5, 5.41) is 67.2. The monoisotopic (exact) mass is 942 g/mol. The third kappa shape index (κ3) is 13.9. The Kier molecular flexibility index (Phi) is 19.0. The summed E-state index contributed by atoms with van der Waals surface area (Å²) in [6, 6.07) is 17.8. The van der Waals surface area contributed by atoms with Gasteiger partial charge in [-0.05, 0) is 65.6 Å². The number of aliphatic hydroxyl groups excluding tert-OH is 4. The quantitative estimate of drug-likeness (QED) is 0.0220. The van der Waals surface area contributed by atoms with Crippen molar-refractivity contribution in [1.82, 2.24) is 10.6 Å². The number of unbranched alkanes of at least 4 members (excludes halogenated alkanes) is 11. The zero-order valence-electron chi connectivity index (χ0n) is 38.2. The molecule has 68 heavy (non-hydrogen) atoms. The van der Waals surface area contributed by atoms with E-state index in [0.717, 1.165) is 25.7 Å². The van der Waals surface area contributed by atoms with Crippen LogP contribution in [0.1, 0.15) is 111 Å². The molecule has 0 saturated carbocycles. The van der Waals surface area contributed by atoms with Gasteiger partial charge in [-0.2, -0.15) is 0 Å². The molecule has 2 amide bonds. The number of fused-ring (bicyclic) bond motifs is 2. The van der Waals surface area contributed by atoms with E-state index in [1.54, 1.807) is 36.4 Å². The highest BCUT2D eigenvalue weighted by molar-refractivity contribution is 6.07. The van der Waals surface area contributed by atoms with Crippen molar-refractivity contribution >= 4 is 29.1 Å². The number of rotatable bonds is 24. The fourth-order valence-electron chi connectivity index (χ4n) is 8.21. The number of carboxylic acid groups (broad SMARTS) is 1. The fourth-order valence-corrected chi connectivity index (χ4v) is 8.21. The van der Waals surface area contributed by atoms with Gasteiger partial charge in [-0.25, -0.2) is 14.4 Å². The van der Waals surface area contributed by atoms with Crippen molar-refractivity contribution in [3.05, 3.63) is 105 Å². The van der Waals surface area contributed by atoms with E-state index in [4.69, 9.17) is 23.4 Å². The van der Waals surface area contributed by atoms with E-state index in [1.807, 2.05) is 0 Å². The molecule has 2 heterocycles. The molecule has 1 aliphatic carbocycles. The van der Waals surface area contributed by atoms with Crippen LogP contribution in [0.2, 0.25) is 0 Å². The highest BCUT2D eigenvalue weighted by Crippen LogP contribution is 2.42. The Morgan fingerprint density at radius 3 is 2.06 bits per heavy atom. The third-order valence-electron chi connectivity index (χ3n) is 11.9. The van der Waals surface area contributed by atoms with Gasteiger partial charge in [0.1, 0.15) is 60.5 Å². The molecule has 17 heteroatoms. The van der Waals surface area contributed by atoms with E-state index in [1.165, 1.54) is 87.8 Å². The Labute approximate surface area is 394 Å². The van der Waals surface area contributed by atoms with Crippen molar-refractivity contribution in [2.75, 3.05) is 13.2 Å². The van der Waals surface area contributed by atoms with Crippen LogP contribution in [0.4, 0.5) is 9.59 Å². The Bertz CT molecular complexity index is 2490. The molecular weight excluding hydrogens is 881 g/mol. The lowest BCUT2D eigenvalue weighted by atomic mass is 9.90. The summed E-state index contributed by atoms with van der Waals surface area (Å²) < 4.78 is 28.3. The Balaban J connectivity index is 1.06. The number of phenolic OH excluding ortho intramolecular Hbond substituents is 1. The number of hydrogen-bond donors (Lipinski definition) is 8. The van der Waals surface area contributed by atoms with Gasteiger partial charge < -0.3 is 64.6 Å². The summed E-state index contributed by atoms with van der Waals surface area (Å²) in [6.07, 6.45) is 4.98. The molecule has 1 saturated heterocycles. The third-order valence-corrected chi connectivity index (χ3v) is 11.9. The molecule has 2 aliphatic heterocycles. The van der Waals surface area contributed by atoms with Crippen LogP contribution in [0.3, 0.4) is 0 Å². The Morgan fingerprint density at radius 1 is 0.691 bits per heavy atom. The largest absolute Gasteiger partial charge is 0.508 e. The maximum absolute atomic E-state index is 13.0. The van der Waals surface area contributed by atoms with Crippen LogP contribution in [-0.2, 0) is 34.0 Å². The summed E-state index contributed by atoms with van der Waals surface area (Å²) >= 11 is 0. The number of aromatic carboxylic acids is 1. The smallest absolute Gasteiger partial charge is 0.407 e. The minimum Gasteiger partial charge on any atom is -0.508 e. The number of alkyl carbamates (subject to hydrolysis) is 2. The number of hydrogen-bond acceptors (Lipinski definition) is 14. The summed E-state index contributed by atoms with van der Waals surface area (Å²) in [6.45, 7) is 1.29. The van der Waals surface area contributed by atoms with Crippen molar-refractivity contribution in [2.45, 2.75) is 134 Å². The second kappa shape index (κ2) is 25.2. The summed E-state index contributed by atoms with van der Waals surface area (Å²) in [4.78, 5) is 50.6. The first kappa shape index (κ1) is 51.2. The lowest BCUT2D eigenvalue weighted by Crippen LogP contribution is -2.60. The molecule has 0 unspecified atom stereocenters. The van der Waals surface area contributed by atoms with Gasteiger partial charge in [-0.1, -0.05) is 95.8 Å². The fraction of sp³-hybridized carbons (Fsp3) is 0.451. The lowest BCUT2D eigenvalue weighted by Gasteiger charge is -2.39. The molecule has 366 valence electrons. The number of carbonyl (C=O) groups excluding carboxylic acids is 2. The minimum atomic E-state index is -1.70. The average molecular weight is 943 g/mol. The van der Waals surface area contributed by atoms with Crippen molar-refractivity contribution in [2.24, 2.45) is 0 Å². The summed E-state index contributed by atoms with van der Waals surface area (Å²) in [5.41, 5.74) is 2.26. The van der Waals surface area contributed by atoms with Gasteiger partial charge in [0.2, 0.25) is 6.29 Å². The van der Waals surface area contributed by atoms with E-state index < -0.39 is 55.5 Å². The number of amides is 2. The van der Waals surface area contributed by atoms with Crippen LogP contribution >= 0.6 is 0 Å². The van der Waals surface area contributed by atoms with Gasteiger partial charge in [0.25, 0.3) is 0 Å². The average Bonchev–Trinajstić information content (AvgIpc) is 3.33. The predicted molar refractivity (Wildman–Crippen MR) is 250 cm³/mol. The topological polar surface area (TPSA) is 264 Å². The Hall–Kier alpha value is -6.24. The first-order valence-corrected chi connectivity index (χ1v) is 23.3. The van der Waals surface area contributed by atoms with E-state index in [0.29, 0.717) is 39.7 Å². The van der Waals surface area contributed by atoms with Crippen molar-refractivity contribution in [1.29, 1.82) is 0 Å². The molecule has 0 radical (unpaired) electrons. The lowest BCUT2D eigenvalue weighted by molar-refractivity contribution is -0.277. The SMILES string of the molecule is CCCCCCCCCCCCCCNC(=O)OCc1cc(COC(=O)NCc2ccc(-c3c4ccc(=O)cc-4oc4cc(O)ccc34)c(C(=O)O)c2)ccc1O[C@@H]1O[C@H](CO)[C@H](O)[C@H](O)[C@H]1O. The van der Waals surface area contributed by atoms with Crippen LogP contribution in [0, 0.1) is 0 Å². The number of nitrogens with one attached hydrogen (secondary N) is 2. The zero-order chi connectivity index (χ0) is 48.6. The van der Waals surface area contributed by atoms with Gasteiger partial charge in [-0.3, -0.25) is 4.79 Å². The van der Waals surface area contributed by atoms with Crippen LogP contribution in [0.25, 0.3) is 33.4 Å². The first-order chi connectivity index (χ1) is 32.9. The van der Waals surface area contributed by atoms with E-state index in [9.17, 15) is 49.8 Å². The molecule has 5 atom stereocenters. The molecule has 17 nitrogen and oxygen atoms in total. The standard InChI is InChI=1S/C51H62N2O15/c1-2-3-4-5-6-7-8-9-10-11-12-13-22-52-50(62)65-30-33-23-32(15-21-40(33)67-49-47(59)46(58)45(57)43(28-54)68-49)29-64-51(63)53-27-31-14-18-36(39(24-31)48(60)61)44-37-19-16-34(55)25-41(37)66-42-26-35(56)17-20-38(42)44/h14-21,23-26,43,45-47,49,54-55,57-59H,2-13,22,27-30H2,1H3,(H,52,62)(H,53,63)(H,60,61)/t43-,45+,46+,47-,49-/m1/s1. The van der Waals surface area contributed by atoms with Crippen molar-refractivity contribution in [3.8, 4) is 33.9 Å². The number of phenols is 1. The molecule has 8 N–H and O–H groups in total. The molecular formula is C51H62N2O15. The number of benzene rings is 4. The number of aliphatic hydroxyl groups is 4. The number of ether oxygens (including phenoxy) is 4. The highest BCUT2D eigenvalue weighted by atomic mass is 16.7. The molecule has 3 aliphatic rings. The van der Waals surface area contributed by atoms with Gasteiger partial charge in [0.15, 0.2) is 5.43 Å². The maximum atomic E-state index is 13.0. The van der Waals surface area contributed by atoms with Gasteiger partial charge in [0.05, 0.1) is 12.2 Å². The molecule has 0 spiro atoms. The van der Waals surface area contributed by atoms with Crippen molar-refractivity contribution < 1.29 is 68.4 Å². The molecule has 3 aromatic rings. The second-order valence-electron chi connectivity index (χ2n) is 17.1. The Morgan fingerprint density at radius 2 is 1.35 bits per heavy atom. The van der Waals surface area contributed by atoms with Gasteiger partial charge in [0, 0.05) is 47.3 Å². The number of carbonyl (C=O) groups is 3. The van der Waals surface area contributed by atoms with Crippen LogP contribution < -0.4 is 20.8 Å². The van der Waals surface area contributed by atoms with E-state index in [-0.39, 0.29) is 59.2 Å². The molecule has 0 bridgehead atoms. The first-order valence-electron chi connectivity index (χ1n) is 23.3. The molecule has 3 aromatic carbocycles. The van der Waals surface area contributed by atoms with Crippen LogP contribution in [0.15, 0.2) is 82.0 Å². The van der Waals surface area contributed by atoms with Crippen LogP contribution in [0.5, 0.6) is 11.5 Å². The minimum absolute atomic E-state index is 0.0770. The number of carboxylic acids is 1. The number of aromatic hydroxyl groups is 1. The van der Waals surface area contributed by atoms with Gasteiger partial charge in [-0.15, -0.1) is 0 Å². The predicted octanol–water partition coefficient (Wildman–Crippen LogP) is 7.50. The zero-order valence-corrected chi connectivity index (χ0v) is 38.2. The van der Waals surface area contributed by atoms with Crippen molar-refractivity contribution in [3.63, 3.8) is 0 Å². The maximum Gasteiger partial charge on any atom is 0.407 e. The van der Waals surface area contributed by atoms with E-state index >= 15 is 0 Å². The second-order valence-corrected chi connectivity index (χ2v) is 17.1. The van der Waals surface area contributed by atoms with Gasteiger partial charge >= 0.3 is 18.2 Å². The normalized spacial score (nSPS) is 18.0.